The van der Waals surface area contributed by atoms with Crippen molar-refractivity contribution in [3.05, 3.63) is 28.7 Å². The van der Waals surface area contributed by atoms with Gasteiger partial charge in [-0.1, -0.05) is 6.92 Å². The summed E-state index contributed by atoms with van der Waals surface area (Å²) in [5, 5.41) is 3.24. The Balaban J connectivity index is 2.36. The van der Waals surface area contributed by atoms with Gasteiger partial charge in [0.25, 0.3) is 0 Å². The van der Waals surface area contributed by atoms with E-state index in [2.05, 4.69) is 20.3 Å². The number of hydrogen-bond donors (Lipinski definition) is 1. The summed E-state index contributed by atoms with van der Waals surface area (Å²) in [6.45, 7) is 4.46. The Bertz CT molecular complexity index is 610. The minimum Gasteiger partial charge on any atom is -0.312 e. The Morgan fingerprint density at radius 3 is 2.67 bits per heavy atom. The lowest BCUT2D eigenvalue weighted by atomic mass is 10.3. The van der Waals surface area contributed by atoms with Crippen LogP contribution < -0.4 is 5.32 Å². The van der Waals surface area contributed by atoms with Gasteiger partial charge in [-0.15, -0.1) is 11.3 Å². The Hall–Kier alpha value is -1.54. The molecule has 0 spiro atoms. The van der Waals surface area contributed by atoms with E-state index in [4.69, 9.17) is 0 Å². The largest absolute Gasteiger partial charge is 0.434 e. The summed E-state index contributed by atoms with van der Waals surface area (Å²) in [6, 6.07) is 1.56. The SMILES string of the molecule is CCCNCc1sc(-c2ccnc(C)n2)nc1C(F)(F)F. The van der Waals surface area contributed by atoms with Gasteiger partial charge in [-0.3, -0.25) is 0 Å². The Morgan fingerprint density at radius 1 is 1.29 bits per heavy atom. The van der Waals surface area contributed by atoms with Crippen LogP contribution in [0.25, 0.3) is 10.7 Å². The van der Waals surface area contributed by atoms with E-state index in [1.54, 1.807) is 13.0 Å². The normalized spacial score (nSPS) is 11.9. The molecule has 2 aromatic rings. The van der Waals surface area contributed by atoms with Crippen molar-refractivity contribution in [1.82, 2.24) is 20.3 Å². The van der Waals surface area contributed by atoms with Crippen LogP contribution >= 0.6 is 11.3 Å². The van der Waals surface area contributed by atoms with E-state index in [0.29, 0.717) is 18.1 Å². The third-order valence-electron chi connectivity index (χ3n) is 2.67. The van der Waals surface area contributed by atoms with Gasteiger partial charge in [0, 0.05) is 12.7 Å². The Morgan fingerprint density at radius 2 is 2.05 bits per heavy atom. The van der Waals surface area contributed by atoms with Crippen molar-refractivity contribution >= 4 is 11.3 Å². The van der Waals surface area contributed by atoms with Crippen molar-refractivity contribution in [2.75, 3.05) is 6.54 Å². The second-order valence-electron chi connectivity index (χ2n) is 4.45. The number of nitrogens with one attached hydrogen (secondary N) is 1. The quantitative estimate of drug-likeness (QED) is 0.859. The first-order valence-corrected chi connectivity index (χ1v) is 7.31. The summed E-state index contributed by atoms with van der Waals surface area (Å²) in [4.78, 5) is 12.0. The average Bonchev–Trinajstić information content (AvgIpc) is 2.83. The summed E-state index contributed by atoms with van der Waals surface area (Å²) in [7, 11) is 0. The molecule has 0 aliphatic rings. The molecule has 0 saturated heterocycles. The standard InChI is InChI=1S/C13H15F3N4S/c1-3-5-17-7-10-11(13(14,15)16)20-12(21-10)9-4-6-18-8(2)19-9/h4,6,17H,3,5,7H2,1-2H3. The van der Waals surface area contributed by atoms with Crippen molar-refractivity contribution < 1.29 is 13.2 Å². The van der Waals surface area contributed by atoms with Crippen molar-refractivity contribution in [2.45, 2.75) is 33.0 Å². The summed E-state index contributed by atoms with van der Waals surface area (Å²) >= 11 is 1.01. The lowest BCUT2D eigenvalue weighted by Gasteiger charge is -2.06. The molecular formula is C13H15F3N4S. The van der Waals surface area contributed by atoms with E-state index in [1.165, 1.54) is 6.20 Å². The maximum Gasteiger partial charge on any atom is 0.434 e. The van der Waals surface area contributed by atoms with E-state index < -0.39 is 11.9 Å². The van der Waals surface area contributed by atoms with Gasteiger partial charge in [-0.25, -0.2) is 15.0 Å². The summed E-state index contributed by atoms with van der Waals surface area (Å²) in [6.07, 6.45) is -2.08. The fourth-order valence-corrected chi connectivity index (χ4v) is 2.78. The lowest BCUT2D eigenvalue weighted by molar-refractivity contribution is -0.141. The maximum absolute atomic E-state index is 13.0. The molecule has 8 heteroatoms. The highest BCUT2D eigenvalue weighted by Gasteiger charge is 2.37. The molecule has 4 nitrogen and oxygen atoms in total. The number of hydrogen-bond acceptors (Lipinski definition) is 5. The molecule has 0 aliphatic carbocycles. The minimum absolute atomic E-state index is 0.157. The zero-order chi connectivity index (χ0) is 15.5. The number of halogens is 3. The second-order valence-corrected chi connectivity index (χ2v) is 5.54. The molecule has 114 valence electrons. The van der Waals surface area contributed by atoms with Crippen molar-refractivity contribution in [1.29, 1.82) is 0 Å². The van der Waals surface area contributed by atoms with E-state index in [1.807, 2.05) is 6.92 Å². The van der Waals surface area contributed by atoms with Gasteiger partial charge in [0.2, 0.25) is 0 Å². The van der Waals surface area contributed by atoms with Gasteiger partial charge >= 0.3 is 6.18 Å². The van der Waals surface area contributed by atoms with Gasteiger partial charge in [0.15, 0.2) is 5.69 Å². The molecule has 0 saturated carbocycles. The Kier molecular flexibility index (Phi) is 4.89. The van der Waals surface area contributed by atoms with Crippen molar-refractivity contribution in [3.8, 4) is 10.7 Å². The molecule has 2 heterocycles. The van der Waals surface area contributed by atoms with Crippen LogP contribution in [0.4, 0.5) is 13.2 Å². The molecule has 0 bridgehead atoms. The molecule has 2 aromatic heterocycles. The van der Waals surface area contributed by atoms with Crippen LogP contribution in [0.3, 0.4) is 0 Å². The van der Waals surface area contributed by atoms with Crippen LogP contribution in [-0.4, -0.2) is 21.5 Å². The summed E-state index contributed by atoms with van der Waals surface area (Å²) in [5.74, 6) is 0.502. The zero-order valence-corrected chi connectivity index (χ0v) is 12.5. The van der Waals surface area contributed by atoms with E-state index in [9.17, 15) is 13.2 Å². The smallest absolute Gasteiger partial charge is 0.312 e. The second kappa shape index (κ2) is 6.48. The predicted octanol–water partition coefficient (Wildman–Crippen LogP) is 3.43. The highest BCUT2D eigenvalue weighted by atomic mass is 32.1. The van der Waals surface area contributed by atoms with E-state index in [0.717, 1.165) is 17.8 Å². The van der Waals surface area contributed by atoms with Crippen LogP contribution in [0.15, 0.2) is 12.3 Å². The number of alkyl halides is 3. The minimum atomic E-state index is -4.46. The molecule has 0 radical (unpaired) electrons. The molecule has 21 heavy (non-hydrogen) atoms. The molecule has 1 N–H and O–H groups in total. The fraction of sp³-hybridized carbons (Fsp3) is 0.462. The monoisotopic (exact) mass is 316 g/mol. The van der Waals surface area contributed by atoms with Crippen molar-refractivity contribution in [2.24, 2.45) is 0 Å². The van der Waals surface area contributed by atoms with Crippen LogP contribution in [0.5, 0.6) is 0 Å². The van der Waals surface area contributed by atoms with Crippen LogP contribution in [0.2, 0.25) is 0 Å². The van der Waals surface area contributed by atoms with Crippen LogP contribution in [-0.2, 0) is 12.7 Å². The number of nitrogens with zero attached hydrogens (tertiary/aromatic N) is 3. The number of thiazole rings is 1. The summed E-state index contributed by atoms with van der Waals surface area (Å²) < 4.78 is 39.1. The highest BCUT2D eigenvalue weighted by Crippen LogP contribution is 2.37. The molecule has 0 amide bonds. The molecule has 2 rings (SSSR count). The first-order valence-electron chi connectivity index (χ1n) is 6.49. The van der Waals surface area contributed by atoms with Gasteiger partial charge < -0.3 is 5.32 Å². The lowest BCUT2D eigenvalue weighted by Crippen LogP contribution is -2.17. The van der Waals surface area contributed by atoms with E-state index >= 15 is 0 Å². The van der Waals surface area contributed by atoms with Gasteiger partial charge in [-0.2, -0.15) is 13.2 Å². The molecule has 0 aliphatic heterocycles. The van der Waals surface area contributed by atoms with Gasteiger partial charge in [-0.05, 0) is 26.0 Å². The van der Waals surface area contributed by atoms with Gasteiger partial charge in [0.1, 0.15) is 16.5 Å². The molecular weight excluding hydrogens is 301 g/mol. The number of rotatable bonds is 5. The third kappa shape index (κ3) is 3.98. The average molecular weight is 316 g/mol. The third-order valence-corrected chi connectivity index (χ3v) is 3.75. The fourth-order valence-electron chi connectivity index (χ4n) is 1.76. The highest BCUT2D eigenvalue weighted by molar-refractivity contribution is 7.15. The van der Waals surface area contributed by atoms with Gasteiger partial charge in [0.05, 0.1) is 4.88 Å². The topological polar surface area (TPSA) is 50.7 Å². The predicted molar refractivity (Wildman–Crippen MR) is 74.9 cm³/mol. The number of aryl methyl sites for hydroxylation is 1. The first kappa shape index (κ1) is 15.8. The van der Waals surface area contributed by atoms with E-state index in [-0.39, 0.29) is 16.4 Å². The first-order chi connectivity index (χ1) is 9.91. The summed E-state index contributed by atoms with van der Waals surface area (Å²) in [5.41, 5.74) is -0.415. The zero-order valence-electron chi connectivity index (χ0n) is 11.7. The van der Waals surface area contributed by atoms with Crippen LogP contribution in [0, 0.1) is 6.92 Å². The molecule has 0 aromatic carbocycles. The van der Waals surface area contributed by atoms with Crippen LogP contribution in [0.1, 0.15) is 29.7 Å². The molecule has 0 fully saturated rings. The Labute approximate surface area is 124 Å². The maximum atomic E-state index is 13.0. The number of aromatic nitrogens is 3. The van der Waals surface area contributed by atoms with Crippen molar-refractivity contribution in [3.63, 3.8) is 0 Å². The molecule has 0 unspecified atom stereocenters. The molecule has 0 atom stereocenters.